The van der Waals surface area contributed by atoms with Crippen molar-refractivity contribution in [2.24, 2.45) is 0 Å². The maximum atomic E-state index is 12.6. The third-order valence-electron chi connectivity index (χ3n) is 2.40. The zero-order valence-electron chi connectivity index (χ0n) is 7.40. The predicted molar refractivity (Wildman–Crippen MR) is 48.7 cm³/mol. The summed E-state index contributed by atoms with van der Waals surface area (Å²) >= 11 is 0. The highest BCUT2D eigenvalue weighted by molar-refractivity contribution is 5.65. The number of hydrogen-bond donors (Lipinski definition) is 2. The molecule has 2 rings (SSSR count). The largest absolute Gasteiger partial charge is 0.465 e. The summed E-state index contributed by atoms with van der Waals surface area (Å²) in [7, 11) is 0. The van der Waals surface area contributed by atoms with Crippen molar-refractivity contribution in [1.82, 2.24) is 5.32 Å². The van der Waals surface area contributed by atoms with Gasteiger partial charge in [-0.15, -0.1) is 0 Å². The van der Waals surface area contributed by atoms with Crippen LogP contribution in [0.3, 0.4) is 0 Å². The molecular weight excluding hydrogens is 185 g/mol. The molecule has 0 aliphatic heterocycles. The highest BCUT2D eigenvalue weighted by Crippen LogP contribution is 2.40. The number of halogens is 1. The van der Waals surface area contributed by atoms with Crippen LogP contribution in [-0.2, 0) is 0 Å². The quantitative estimate of drug-likeness (QED) is 0.757. The van der Waals surface area contributed by atoms with Gasteiger partial charge in [0.2, 0.25) is 0 Å². The van der Waals surface area contributed by atoms with Crippen LogP contribution in [0.5, 0.6) is 0 Å². The number of hydrogen-bond acceptors (Lipinski definition) is 1. The summed E-state index contributed by atoms with van der Waals surface area (Å²) in [6, 6.07) is 6.18. The second-order valence-corrected chi connectivity index (χ2v) is 3.45. The summed E-state index contributed by atoms with van der Waals surface area (Å²) in [5, 5.41) is 10.9. The normalized spacial score (nSPS) is 24.4. The topological polar surface area (TPSA) is 49.3 Å². The highest BCUT2D eigenvalue weighted by Gasteiger charge is 2.39. The Hall–Kier alpha value is -1.58. The van der Waals surface area contributed by atoms with E-state index in [1.807, 2.05) is 0 Å². The molecule has 0 heterocycles. The van der Waals surface area contributed by atoms with E-state index in [0.29, 0.717) is 0 Å². The zero-order chi connectivity index (χ0) is 10.1. The van der Waals surface area contributed by atoms with E-state index in [4.69, 9.17) is 5.11 Å². The molecule has 3 nitrogen and oxygen atoms in total. The Labute approximate surface area is 80.6 Å². The minimum absolute atomic E-state index is 0.00189. The number of amides is 1. The summed E-state index contributed by atoms with van der Waals surface area (Å²) in [5.41, 5.74) is 0.991. The molecule has 0 radical (unpaired) electrons. The first-order valence-electron chi connectivity index (χ1n) is 4.42. The molecule has 1 amide bonds. The number of carboxylic acid groups (broad SMARTS) is 1. The minimum atomic E-state index is -1.00. The van der Waals surface area contributed by atoms with Crippen molar-refractivity contribution in [2.75, 3.05) is 0 Å². The van der Waals surface area contributed by atoms with E-state index in [0.717, 1.165) is 12.0 Å². The fourth-order valence-corrected chi connectivity index (χ4v) is 1.59. The number of rotatable bonds is 2. The molecule has 1 aliphatic rings. The van der Waals surface area contributed by atoms with Crippen LogP contribution in [0.4, 0.5) is 9.18 Å². The van der Waals surface area contributed by atoms with Crippen LogP contribution >= 0.6 is 0 Å². The van der Waals surface area contributed by atoms with Gasteiger partial charge >= 0.3 is 6.09 Å². The lowest BCUT2D eigenvalue weighted by Crippen LogP contribution is -2.24. The molecule has 1 aromatic rings. The van der Waals surface area contributed by atoms with E-state index in [9.17, 15) is 9.18 Å². The smallest absolute Gasteiger partial charge is 0.404 e. The summed E-state index contributed by atoms with van der Waals surface area (Å²) in [6.45, 7) is 0. The number of carbonyl (C=O) groups is 1. The Kier molecular flexibility index (Phi) is 2.11. The fourth-order valence-electron chi connectivity index (χ4n) is 1.59. The van der Waals surface area contributed by atoms with E-state index >= 15 is 0 Å². The van der Waals surface area contributed by atoms with Crippen LogP contribution in [0.15, 0.2) is 24.3 Å². The highest BCUT2D eigenvalue weighted by atomic mass is 19.1. The van der Waals surface area contributed by atoms with Gasteiger partial charge in [-0.1, -0.05) is 12.1 Å². The van der Waals surface area contributed by atoms with Gasteiger partial charge in [-0.2, -0.15) is 0 Å². The summed E-state index contributed by atoms with van der Waals surface area (Å²) in [5.74, 6) is -0.0520. The molecular formula is C10H10FNO2. The molecule has 14 heavy (non-hydrogen) atoms. The summed E-state index contributed by atoms with van der Waals surface area (Å²) in [4.78, 5) is 10.3. The first-order valence-corrected chi connectivity index (χ1v) is 4.42. The van der Waals surface area contributed by atoms with E-state index in [2.05, 4.69) is 5.32 Å². The van der Waals surface area contributed by atoms with E-state index < -0.39 is 6.09 Å². The summed E-state index contributed by atoms with van der Waals surface area (Å²) < 4.78 is 12.6. The molecule has 1 saturated carbocycles. The summed E-state index contributed by atoms with van der Waals surface area (Å²) in [6.07, 6.45) is -0.197. The van der Waals surface area contributed by atoms with Crippen LogP contribution < -0.4 is 5.32 Å². The second-order valence-electron chi connectivity index (χ2n) is 3.45. The lowest BCUT2D eigenvalue weighted by Gasteiger charge is -2.00. The van der Waals surface area contributed by atoms with Gasteiger partial charge in [0.05, 0.1) is 0 Å². The third-order valence-corrected chi connectivity index (χ3v) is 2.40. The minimum Gasteiger partial charge on any atom is -0.465 e. The van der Waals surface area contributed by atoms with Crippen molar-refractivity contribution in [2.45, 2.75) is 18.4 Å². The van der Waals surface area contributed by atoms with Gasteiger partial charge < -0.3 is 10.4 Å². The molecule has 1 aliphatic carbocycles. The molecule has 0 unspecified atom stereocenters. The first-order chi connectivity index (χ1) is 6.66. The zero-order valence-corrected chi connectivity index (χ0v) is 7.40. The first kappa shape index (κ1) is 8.99. The van der Waals surface area contributed by atoms with Crippen LogP contribution in [-0.4, -0.2) is 17.2 Å². The maximum Gasteiger partial charge on any atom is 0.404 e. The van der Waals surface area contributed by atoms with Gasteiger partial charge in [0.1, 0.15) is 5.82 Å². The van der Waals surface area contributed by atoms with Crippen molar-refractivity contribution in [1.29, 1.82) is 0 Å². The predicted octanol–water partition coefficient (Wildman–Crippen LogP) is 1.95. The van der Waals surface area contributed by atoms with E-state index in [1.165, 1.54) is 12.1 Å². The average Bonchev–Trinajstić information content (AvgIpc) is 2.84. The van der Waals surface area contributed by atoms with Crippen molar-refractivity contribution in [3.8, 4) is 0 Å². The Balaban J connectivity index is 1.99. The lowest BCUT2D eigenvalue weighted by molar-refractivity contribution is 0.193. The van der Waals surface area contributed by atoms with Gasteiger partial charge in [0, 0.05) is 12.0 Å². The third kappa shape index (κ3) is 1.84. The Morgan fingerprint density at radius 3 is 2.64 bits per heavy atom. The second kappa shape index (κ2) is 3.29. The van der Waals surface area contributed by atoms with E-state index in [1.54, 1.807) is 12.1 Å². The molecule has 1 aromatic carbocycles. The molecule has 0 spiro atoms. The molecule has 74 valence electrons. The van der Waals surface area contributed by atoms with Crippen LogP contribution in [0.1, 0.15) is 17.9 Å². The Morgan fingerprint density at radius 2 is 2.07 bits per heavy atom. The number of benzene rings is 1. The Morgan fingerprint density at radius 1 is 1.43 bits per heavy atom. The monoisotopic (exact) mass is 195 g/mol. The molecule has 0 aromatic heterocycles. The molecule has 2 atom stereocenters. The van der Waals surface area contributed by atoms with Crippen molar-refractivity contribution >= 4 is 6.09 Å². The molecule has 2 N–H and O–H groups in total. The molecule has 1 fully saturated rings. The van der Waals surface area contributed by atoms with Gasteiger partial charge in [-0.05, 0) is 24.1 Å². The SMILES string of the molecule is O=C(O)N[C@@H]1C[C@@H]1c1ccc(F)cc1. The lowest BCUT2D eigenvalue weighted by atomic mass is 10.1. The van der Waals surface area contributed by atoms with Crippen LogP contribution in [0, 0.1) is 5.82 Å². The van der Waals surface area contributed by atoms with Crippen LogP contribution in [0.25, 0.3) is 0 Å². The molecule has 0 saturated heterocycles. The fraction of sp³-hybridized carbons (Fsp3) is 0.300. The van der Waals surface area contributed by atoms with Gasteiger partial charge in [-0.3, -0.25) is 0 Å². The average molecular weight is 195 g/mol. The van der Waals surface area contributed by atoms with Gasteiger partial charge in [0.15, 0.2) is 0 Å². The van der Waals surface area contributed by atoms with E-state index in [-0.39, 0.29) is 17.8 Å². The maximum absolute atomic E-state index is 12.6. The van der Waals surface area contributed by atoms with Crippen LogP contribution in [0.2, 0.25) is 0 Å². The Bertz CT molecular complexity index is 350. The van der Waals surface area contributed by atoms with Crippen molar-refractivity contribution < 1.29 is 14.3 Å². The molecule has 0 bridgehead atoms. The number of nitrogens with one attached hydrogen (secondary N) is 1. The standard InChI is InChI=1S/C10H10FNO2/c11-7-3-1-6(2-4-7)8-5-9(8)12-10(13)14/h1-4,8-9,12H,5H2,(H,13,14)/t8-,9-/m1/s1. The molecule has 4 heteroatoms. The van der Waals surface area contributed by atoms with Crippen molar-refractivity contribution in [3.63, 3.8) is 0 Å². The van der Waals surface area contributed by atoms with Crippen molar-refractivity contribution in [3.05, 3.63) is 35.6 Å². The van der Waals surface area contributed by atoms with Gasteiger partial charge in [-0.25, -0.2) is 9.18 Å². The van der Waals surface area contributed by atoms with Gasteiger partial charge in [0.25, 0.3) is 0 Å².